The standard InChI is InChI=1S/C20H20ClN3O4S/c1-13-18(14-3-2-4-16(21)11-14)29(26,27)23-19(13)24-8-5-17(6-9-24)22-20(25)15-7-10-28-12-15/h2-4,7,10-12,17H,5-6,8-9H2,1H3,(H,22,25). The molecule has 0 aliphatic carbocycles. The van der Waals surface area contributed by atoms with Crippen molar-refractivity contribution in [1.82, 2.24) is 10.2 Å². The summed E-state index contributed by atoms with van der Waals surface area (Å²) >= 11 is 6.04. The molecule has 0 spiro atoms. The van der Waals surface area contributed by atoms with Gasteiger partial charge < -0.3 is 14.6 Å². The van der Waals surface area contributed by atoms with Crippen LogP contribution in [0.4, 0.5) is 0 Å². The summed E-state index contributed by atoms with van der Waals surface area (Å²) in [6.45, 7) is 2.97. The predicted molar refractivity (Wildman–Crippen MR) is 111 cm³/mol. The summed E-state index contributed by atoms with van der Waals surface area (Å²) in [4.78, 5) is 14.3. The minimum Gasteiger partial charge on any atom is -0.472 e. The van der Waals surface area contributed by atoms with Crippen LogP contribution >= 0.6 is 11.6 Å². The number of nitrogens with zero attached hydrogens (tertiary/aromatic N) is 2. The third kappa shape index (κ3) is 3.95. The van der Waals surface area contributed by atoms with E-state index in [-0.39, 0.29) is 16.9 Å². The van der Waals surface area contributed by atoms with Crippen LogP contribution in [-0.2, 0) is 10.0 Å². The molecule has 1 amide bonds. The molecule has 0 atom stereocenters. The van der Waals surface area contributed by atoms with E-state index in [0.717, 1.165) is 0 Å². The van der Waals surface area contributed by atoms with Crippen LogP contribution in [0.5, 0.6) is 0 Å². The fraction of sp³-hybridized carbons (Fsp3) is 0.300. The largest absolute Gasteiger partial charge is 0.472 e. The number of piperidine rings is 1. The van der Waals surface area contributed by atoms with E-state index in [2.05, 4.69) is 9.71 Å². The number of benzene rings is 1. The summed E-state index contributed by atoms with van der Waals surface area (Å²) in [5.74, 6) is 0.303. The highest BCUT2D eigenvalue weighted by molar-refractivity contribution is 8.00. The van der Waals surface area contributed by atoms with Crippen LogP contribution in [0.3, 0.4) is 0 Å². The predicted octanol–water partition coefficient (Wildman–Crippen LogP) is 3.30. The van der Waals surface area contributed by atoms with Crippen molar-refractivity contribution in [3.63, 3.8) is 0 Å². The lowest BCUT2D eigenvalue weighted by molar-refractivity contribution is 0.0922. The Bertz CT molecular complexity index is 1100. The zero-order valence-corrected chi connectivity index (χ0v) is 17.3. The van der Waals surface area contributed by atoms with Gasteiger partial charge in [0.25, 0.3) is 15.9 Å². The molecule has 3 heterocycles. The van der Waals surface area contributed by atoms with Gasteiger partial charge in [-0.1, -0.05) is 23.7 Å². The highest BCUT2D eigenvalue weighted by atomic mass is 35.5. The van der Waals surface area contributed by atoms with E-state index in [1.165, 1.54) is 12.5 Å². The number of carbonyl (C=O) groups is 1. The summed E-state index contributed by atoms with van der Waals surface area (Å²) in [6, 6.07) is 8.41. The number of rotatable bonds is 3. The number of amidine groups is 1. The minimum absolute atomic E-state index is 0.0175. The van der Waals surface area contributed by atoms with Crippen molar-refractivity contribution < 1.29 is 17.6 Å². The average Bonchev–Trinajstić information content (AvgIpc) is 3.29. The van der Waals surface area contributed by atoms with Crippen LogP contribution in [-0.4, -0.2) is 44.2 Å². The number of hydrogen-bond acceptors (Lipinski definition) is 5. The molecule has 2 aromatic rings. The van der Waals surface area contributed by atoms with E-state index < -0.39 is 10.0 Å². The maximum absolute atomic E-state index is 12.7. The molecule has 0 bridgehead atoms. The molecule has 4 rings (SSSR count). The van der Waals surface area contributed by atoms with Crippen LogP contribution in [0.25, 0.3) is 4.91 Å². The molecule has 1 aromatic carbocycles. The molecule has 9 heteroatoms. The lowest BCUT2D eigenvalue weighted by atomic mass is 10.0. The number of sulfonamides is 1. The fourth-order valence-corrected chi connectivity index (χ4v) is 5.38. The van der Waals surface area contributed by atoms with Crippen molar-refractivity contribution in [3.05, 3.63) is 64.6 Å². The van der Waals surface area contributed by atoms with Gasteiger partial charge in [0.2, 0.25) is 0 Å². The molecule has 29 heavy (non-hydrogen) atoms. The normalized spacial score (nSPS) is 19.4. The van der Waals surface area contributed by atoms with Crippen LogP contribution in [0.1, 0.15) is 35.7 Å². The summed E-state index contributed by atoms with van der Waals surface area (Å²) in [5.41, 5.74) is 1.65. The smallest absolute Gasteiger partial charge is 0.285 e. The molecule has 0 saturated carbocycles. The number of furan rings is 1. The molecule has 2 aliphatic rings. The number of halogens is 1. The van der Waals surface area contributed by atoms with Crippen molar-refractivity contribution >= 4 is 38.3 Å². The van der Waals surface area contributed by atoms with E-state index in [0.29, 0.717) is 53.5 Å². The van der Waals surface area contributed by atoms with Crippen LogP contribution in [0, 0.1) is 0 Å². The second-order valence-corrected chi connectivity index (χ2v) is 9.08. The Balaban J connectivity index is 1.48. The van der Waals surface area contributed by atoms with Crippen molar-refractivity contribution in [2.24, 2.45) is 4.40 Å². The maximum atomic E-state index is 12.7. The number of amides is 1. The van der Waals surface area contributed by atoms with Gasteiger partial charge in [-0.2, -0.15) is 8.42 Å². The molecular formula is C20H20ClN3O4S. The van der Waals surface area contributed by atoms with E-state index >= 15 is 0 Å². The van der Waals surface area contributed by atoms with Crippen molar-refractivity contribution in [2.75, 3.05) is 13.1 Å². The monoisotopic (exact) mass is 433 g/mol. The van der Waals surface area contributed by atoms with Gasteiger partial charge in [-0.15, -0.1) is 4.40 Å². The van der Waals surface area contributed by atoms with E-state index in [1.54, 1.807) is 37.3 Å². The lowest BCUT2D eigenvalue weighted by Crippen LogP contribution is -2.46. The van der Waals surface area contributed by atoms with Crippen LogP contribution < -0.4 is 5.32 Å². The van der Waals surface area contributed by atoms with E-state index in [4.69, 9.17) is 16.0 Å². The van der Waals surface area contributed by atoms with Crippen molar-refractivity contribution in [2.45, 2.75) is 25.8 Å². The molecule has 2 aliphatic heterocycles. The highest BCUT2D eigenvalue weighted by Gasteiger charge is 2.35. The second-order valence-electron chi connectivity index (χ2n) is 7.10. The molecule has 1 saturated heterocycles. The first-order valence-electron chi connectivity index (χ1n) is 9.25. The van der Waals surface area contributed by atoms with Crippen molar-refractivity contribution in [3.8, 4) is 0 Å². The third-order valence-electron chi connectivity index (χ3n) is 5.14. The van der Waals surface area contributed by atoms with E-state index in [1.807, 2.05) is 4.90 Å². The second kappa shape index (κ2) is 7.68. The van der Waals surface area contributed by atoms with Gasteiger partial charge >= 0.3 is 0 Å². The average molecular weight is 434 g/mol. The molecule has 0 radical (unpaired) electrons. The fourth-order valence-electron chi connectivity index (χ4n) is 3.71. The number of carbonyl (C=O) groups excluding carboxylic acids is 1. The number of likely N-dealkylation sites (tertiary alicyclic amines) is 1. The van der Waals surface area contributed by atoms with Crippen LogP contribution in [0.15, 0.2) is 57.2 Å². The van der Waals surface area contributed by atoms with Crippen LogP contribution in [0.2, 0.25) is 5.02 Å². The topological polar surface area (TPSA) is 92.0 Å². The maximum Gasteiger partial charge on any atom is 0.285 e. The molecular weight excluding hydrogens is 414 g/mol. The van der Waals surface area contributed by atoms with Crippen molar-refractivity contribution in [1.29, 1.82) is 0 Å². The zero-order chi connectivity index (χ0) is 20.6. The number of nitrogens with one attached hydrogen (secondary N) is 1. The molecule has 1 N–H and O–H groups in total. The molecule has 7 nitrogen and oxygen atoms in total. The van der Waals surface area contributed by atoms with Gasteiger partial charge in [-0.25, -0.2) is 0 Å². The first-order chi connectivity index (χ1) is 13.8. The summed E-state index contributed by atoms with van der Waals surface area (Å²) in [5, 5.41) is 3.46. The summed E-state index contributed by atoms with van der Waals surface area (Å²) in [6.07, 6.45) is 4.27. The zero-order valence-electron chi connectivity index (χ0n) is 15.8. The van der Waals surface area contributed by atoms with Gasteiger partial charge in [0.05, 0.1) is 11.8 Å². The Morgan fingerprint density at radius 2 is 2.03 bits per heavy atom. The minimum atomic E-state index is -3.78. The molecule has 1 aromatic heterocycles. The first kappa shape index (κ1) is 19.7. The Morgan fingerprint density at radius 3 is 2.69 bits per heavy atom. The van der Waals surface area contributed by atoms with E-state index in [9.17, 15) is 13.2 Å². The Morgan fingerprint density at radius 1 is 1.28 bits per heavy atom. The molecule has 0 unspecified atom stereocenters. The Hall–Kier alpha value is -2.58. The SMILES string of the molecule is CC1=C(c2cccc(Cl)c2)S(=O)(=O)N=C1N1CCC(NC(=O)c2ccoc2)CC1. The Kier molecular flexibility index (Phi) is 5.23. The lowest BCUT2D eigenvalue weighted by Gasteiger charge is -2.33. The third-order valence-corrected chi connectivity index (χ3v) is 6.85. The number of hydrogen-bond donors (Lipinski definition) is 1. The summed E-state index contributed by atoms with van der Waals surface area (Å²) in [7, 11) is -3.78. The summed E-state index contributed by atoms with van der Waals surface area (Å²) < 4.78 is 34.4. The van der Waals surface area contributed by atoms with Gasteiger partial charge in [0.1, 0.15) is 17.0 Å². The Labute approximate surface area is 174 Å². The molecule has 152 valence electrons. The highest BCUT2D eigenvalue weighted by Crippen LogP contribution is 2.35. The molecule has 1 fully saturated rings. The first-order valence-corrected chi connectivity index (χ1v) is 11.1. The van der Waals surface area contributed by atoms with Gasteiger partial charge in [0.15, 0.2) is 0 Å². The quantitative estimate of drug-likeness (QED) is 0.801. The van der Waals surface area contributed by atoms with Gasteiger partial charge in [-0.05, 0) is 43.5 Å². The van der Waals surface area contributed by atoms with Gasteiger partial charge in [-0.3, -0.25) is 4.79 Å². The van der Waals surface area contributed by atoms with Gasteiger partial charge in [0, 0.05) is 29.7 Å².